The Morgan fingerprint density at radius 1 is 1.30 bits per heavy atom. The van der Waals surface area contributed by atoms with Crippen molar-refractivity contribution in [2.24, 2.45) is 0 Å². The van der Waals surface area contributed by atoms with Crippen LogP contribution in [0.2, 0.25) is 0 Å². The highest BCUT2D eigenvalue weighted by Crippen LogP contribution is 2.22. The number of aromatic nitrogens is 4. The summed E-state index contributed by atoms with van der Waals surface area (Å²) in [6.07, 6.45) is 9.61. The molecule has 3 aromatic heterocycles. The molecule has 30 heavy (non-hydrogen) atoms. The molecule has 1 saturated heterocycles. The molecular formula is C22H28N6O2. The summed E-state index contributed by atoms with van der Waals surface area (Å²) in [5.74, 6) is 0.687. The quantitative estimate of drug-likeness (QED) is 0.687. The maximum absolute atomic E-state index is 12.5. The Kier molecular flexibility index (Phi) is 5.57. The second-order valence-electron chi connectivity index (χ2n) is 8.27. The van der Waals surface area contributed by atoms with Crippen LogP contribution in [0.1, 0.15) is 40.0 Å². The van der Waals surface area contributed by atoms with Gasteiger partial charge in [0.1, 0.15) is 22.8 Å². The van der Waals surface area contributed by atoms with E-state index in [1.54, 1.807) is 23.5 Å². The van der Waals surface area contributed by atoms with E-state index in [9.17, 15) is 4.79 Å². The second kappa shape index (κ2) is 8.30. The van der Waals surface area contributed by atoms with Crippen LogP contribution in [0, 0.1) is 0 Å². The molecule has 0 bridgehead atoms. The predicted molar refractivity (Wildman–Crippen MR) is 115 cm³/mol. The topological polar surface area (TPSA) is 84.6 Å². The van der Waals surface area contributed by atoms with E-state index in [-0.39, 0.29) is 12.1 Å². The van der Waals surface area contributed by atoms with Gasteiger partial charge in [-0.1, -0.05) is 13.0 Å². The number of hydrogen-bond donors (Lipinski definition) is 1. The van der Waals surface area contributed by atoms with Gasteiger partial charge in [-0.3, -0.25) is 9.38 Å². The van der Waals surface area contributed by atoms with Gasteiger partial charge in [0.15, 0.2) is 0 Å². The molecular weight excluding hydrogens is 380 g/mol. The average Bonchev–Trinajstić information content (AvgIpc) is 3.18. The molecule has 0 radical (unpaired) electrons. The van der Waals surface area contributed by atoms with Gasteiger partial charge in [-0.2, -0.15) is 0 Å². The number of pyridine rings is 1. The van der Waals surface area contributed by atoms with Crippen molar-refractivity contribution >= 4 is 17.6 Å². The molecule has 0 spiro atoms. The van der Waals surface area contributed by atoms with Crippen LogP contribution in [0.25, 0.3) is 17.0 Å². The molecule has 8 heteroatoms. The van der Waals surface area contributed by atoms with Gasteiger partial charge in [0.2, 0.25) is 0 Å². The van der Waals surface area contributed by atoms with Crippen LogP contribution in [-0.4, -0.2) is 55.1 Å². The van der Waals surface area contributed by atoms with Crippen molar-refractivity contribution in [1.29, 1.82) is 0 Å². The van der Waals surface area contributed by atoms with Gasteiger partial charge >= 0.3 is 6.09 Å². The molecule has 1 aliphatic rings. The zero-order valence-corrected chi connectivity index (χ0v) is 17.7. The number of carbonyl (C=O) groups excluding carboxylic acids is 1. The highest BCUT2D eigenvalue weighted by Gasteiger charge is 2.29. The molecule has 3 aromatic rings. The number of carbonyl (C=O) groups is 1. The van der Waals surface area contributed by atoms with E-state index in [4.69, 9.17) is 9.72 Å². The Balaban J connectivity index is 1.46. The minimum absolute atomic E-state index is 0.0998. The Hall–Kier alpha value is -3.16. The van der Waals surface area contributed by atoms with E-state index < -0.39 is 5.60 Å². The Morgan fingerprint density at radius 2 is 2.17 bits per heavy atom. The smallest absolute Gasteiger partial charge is 0.410 e. The van der Waals surface area contributed by atoms with Crippen molar-refractivity contribution < 1.29 is 9.53 Å². The van der Waals surface area contributed by atoms with E-state index >= 15 is 0 Å². The Labute approximate surface area is 176 Å². The summed E-state index contributed by atoms with van der Waals surface area (Å²) in [6, 6.07) is 5.97. The largest absolute Gasteiger partial charge is 0.443 e. The molecule has 1 aliphatic heterocycles. The van der Waals surface area contributed by atoms with Gasteiger partial charge in [0.25, 0.3) is 0 Å². The molecule has 0 saturated carbocycles. The highest BCUT2D eigenvalue weighted by atomic mass is 16.6. The number of ether oxygens (including phenoxy) is 1. The summed E-state index contributed by atoms with van der Waals surface area (Å²) in [5, 5.41) is 3.44. The number of amides is 1. The van der Waals surface area contributed by atoms with E-state index in [1.165, 1.54) is 0 Å². The molecule has 1 atom stereocenters. The van der Waals surface area contributed by atoms with Gasteiger partial charge in [-0.15, -0.1) is 0 Å². The predicted octanol–water partition coefficient (Wildman–Crippen LogP) is 3.99. The van der Waals surface area contributed by atoms with Crippen molar-refractivity contribution in [2.75, 3.05) is 18.4 Å². The summed E-state index contributed by atoms with van der Waals surface area (Å²) in [5.41, 5.74) is 2.04. The first-order valence-electron chi connectivity index (χ1n) is 10.4. The molecule has 1 fully saturated rings. The maximum atomic E-state index is 12.5. The molecule has 158 valence electrons. The Bertz CT molecular complexity index is 1030. The first-order chi connectivity index (χ1) is 14.4. The first kappa shape index (κ1) is 20.1. The molecule has 8 nitrogen and oxygen atoms in total. The summed E-state index contributed by atoms with van der Waals surface area (Å²) >= 11 is 0. The van der Waals surface area contributed by atoms with Crippen molar-refractivity contribution in [3.8, 4) is 11.4 Å². The molecule has 1 unspecified atom stereocenters. The standard InChI is InChI=1S/C22H28N6O2/c1-4-22(2,3)30-21(29)27-10-7-8-16(15-27)25-19-14-23-12-17(26-19)18-13-24-20-9-5-6-11-28(18)20/h5-6,9,11-14,16H,4,7-8,10,15H2,1-3H3,(H,25,26). The molecule has 4 heterocycles. The van der Waals surface area contributed by atoms with Crippen molar-refractivity contribution in [3.05, 3.63) is 43.0 Å². The lowest BCUT2D eigenvalue weighted by atomic mass is 10.1. The minimum Gasteiger partial charge on any atom is -0.443 e. The van der Waals surface area contributed by atoms with Crippen LogP contribution in [0.15, 0.2) is 43.0 Å². The maximum Gasteiger partial charge on any atom is 0.410 e. The number of fused-ring (bicyclic) bond motifs is 1. The lowest BCUT2D eigenvalue weighted by Gasteiger charge is -2.35. The van der Waals surface area contributed by atoms with Gasteiger partial charge < -0.3 is 15.0 Å². The summed E-state index contributed by atoms with van der Waals surface area (Å²) in [6.45, 7) is 7.19. The second-order valence-corrected chi connectivity index (χ2v) is 8.27. The zero-order chi connectivity index (χ0) is 21.1. The lowest BCUT2D eigenvalue weighted by molar-refractivity contribution is 0.00761. The number of nitrogens with zero attached hydrogens (tertiary/aromatic N) is 5. The molecule has 0 aliphatic carbocycles. The zero-order valence-electron chi connectivity index (χ0n) is 17.7. The third-order valence-electron chi connectivity index (χ3n) is 5.56. The fourth-order valence-corrected chi connectivity index (χ4v) is 3.52. The number of imidazole rings is 1. The van der Waals surface area contributed by atoms with Crippen molar-refractivity contribution in [1.82, 2.24) is 24.3 Å². The van der Waals surface area contributed by atoms with Crippen molar-refractivity contribution in [2.45, 2.75) is 51.7 Å². The number of anilines is 1. The fraction of sp³-hybridized carbons (Fsp3) is 0.455. The summed E-state index contributed by atoms with van der Waals surface area (Å²) in [4.78, 5) is 27.8. The van der Waals surface area contributed by atoms with Crippen LogP contribution < -0.4 is 5.32 Å². The van der Waals surface area contributed by atoms with Gasteiger partial charge in [-0.05, 0) is 45.2 Å². The third-order valence-corrected chi connectivity index (χ3v) is 5.56. The van der Waals surface area contributed by atoms with E-state index in [0.29, 0.717) is 18.9 Å². The number of rotatable bonds is 5. The number of piperidine rings is 1. The molecule has 4 rings (SSSR count). The summed E-state index contributed by atoms with van der Waals surface area (Å²) in [7, 11) is 0. The Morgan fingerprint density at radius 3 is 3.00 bits per heavy atom. The number of nitrogens with one attached hydrogen (secondary N) is 1. The van der Waals surface area contributed by atoms with Gasteiger partial charge in [0, 0.05) is 25.3 Å². The van der Waals surface area contributed by atoms with Crippen LogP contribution >= 0.6 is 0 Å². The fourth-order valence-electron chi connectivity index (χ4n) is 3.52. The van der Waals surface area contributed by atoms with Crippen molar-refractivity contribution in [3.63, 3.8) is 0 Å². The van der Waals surface area contributed by atoms with Crippen LogP contribution in [0.3, 0.4) is 0 Å². The number of hydrogen-bond acceptors (Lipinski definition) is 6. The monoisotopic (exact) mass is 408 g/mol. The lowest BCUT2D eigenvalue weighted by Crippen LogP contribution is -2.47. The van der Waals surface area contributed by atoms with Crippen LogP contribution in [-0.2, 0) is 4.74 Å². The first-order valence-corrected chi connectivity index (χ1v) is 10.4. The SMILES string of the molecule is CCC(C)(C)OC(=O)N1CCCC(Nc2cncc(-c3cnc4ccccn34)n2)C1. The third kappa shape index (κ3) is 4.37. The highest BCUT2D eigenvalue weighted by molar-refractivity contribution is 5.68. The molecule has 0 aromatic carbocycles. The van der Waals surface area contributed by atoms with Gasteiger partial charge in [0.05, 0.1) is 24.3 Å². The molecule has 1 N–H and O–H groups in total. The average molecular weight is 409 g/mol. The van der Waals surface area contributed by atoms with E-state index in [0.717, 1.165) is 36.3 Å². The number of likely N-dealkylation sites (tertiary alicyclic amines) is 1. The van der Waals surface area contributed by atoms with E-state index in [1.807, 2.05) is 49.6 Å². The van der Waals surface area contributed by atoms with Crippen LogP contribution in [0.4, 0.5) is 10.6 Å². The van der Waals surface area contributed by atoms with Gasteiger partial charge in [-0.25, -0.2) is 14.8 Å². The van der Waals surface area contributed by atoms with Crippen LogP contribution in [0.5, 0.6) is 0 Å². The van der Waals surface area contributed by atoms with E-state index in [2.05, 4.69) is 15.3 Å². The minimum atomic E-state index is -0.453. The normalized spacial score (nSPS) is 17.2. The molecule has 1 amide bonds. The summed E-state index contributed by atoms with van der Waals surface area (Å²) < 4.78 is 7.64.